The Bertz CT molecular complexity index is 420. The van der Waals surface area contributed by atoms with Crippen LogP contribution in [0, 0.1) is 5.92 Å². The molecule has 2 unspecified atom stereocenters. The molecule has 1 aromatic carbocycles. The van der Waals surface area contributed by atoms with Crippen molar-refractivity contribution < 1.29 is 0 Å². The molecule has 0 spiro atoms. The highest BCUT2D eigenvalue weighted by molar-refractivity contribution is 9.11. The zero-order chi connectivity index (χ0) is 13.3. The maximum Gasteiger partial charge on any atom is 0.0514 e. The fraction of sp³-hybridized carbons (Fsp3) is 0.571. The molecular weight excluding hydrogens is 356 g/mol. The number of benzene rings is 1. The number of nitrogens with one attached hydrogen (secondary N) is 1. The Kier molecular flexibility index (Phi) is 4.73. The molecule has 1 aromatic rings. The highest BCUT2D eigenvalue weighted by atomic mass is 79.9. The van der Waals surface area contributed by atoms with E-state index >= 15 is 0 Å². The first kappa shape index (κ1) is 14.4. The Hall–Kier alpha value is -0.0600. The minimum Gasteiger partial charge on any atom is -0.365 e. The molecule has 18 heavy (non-hydrogen) atoms. The first-order chi connectivity index (χ1) is 8.49. The topological polar surface area (TPSA) is 15.3 Å². The predicted octanol–water partition coefficient (Wildman–Crippen LogP) is 4.03. The lowest BCUT2D eigenvalue weighted by Crippen LogP contribution is -2.57. The summed E-state index contributed by atoms with van der Waals surface area (Å²) < 4.78 is 2.27. The fourth-order valence-electron chi connectivity index (χ4n) is 2.39. The first-order valence-electron chi connectivity index (χ1n) is 6.44. The van der Waals surface area contributed by atoms with E-state index in [1.807, 2.05) is 0 Å². The molecule has 0 amide bonds. The lowest BCUT2D eigenvalue weighted by Gasteiger charge is -2.42. The second-order valence-corrected chi connectivity index (χ2v) is 7.13. The Balaban J connectivity index is 2.24. The molecule has 2 atom stereocenters. The number of halogens is 2. The maximum absolute atomic E-state index is 3.68. The maximum atomic E-state index is 3.68. The van der Waals surface area contributed by atoms with E-state index in [2.05, 4.69) is 81.0 Å². The van der Waals surface area contributed by atoms with Gasteiger partial charge in [0, 0.05) is 34.1 Å². The van der Waals surface area contributed by atoms with Crippen LogP contribution >= 0.6 is 31.9 Å². The van der Waals surface area contributed by atoms with Crippen molar-refractivity contribution in [3.8, 4) is 0 Å². The largest absolute Gasteiger partial charge is 0.365 e. The van der Waals surface area contributed by atoms with Crippen LogP contribution < -0.4 is 10.2 Å². The van der Waals surface area contributed by atoms with Crippen LogP contribution in [0.15, 0.2) is 27.1 Å². The van der Waals surface area contributed by atoms with Crippen LogP contribution in [0.1, 0.15) is 20.8 Å². The number of piperazine rings is 1. The summed E-state index contributed by atoms with van der Waals surface area (Å²) in [6.45, 7) is 8.95. The normalized spacial score (nSPS) is 24.7. The van der Waals surface area contributed by atoms with E-state index in [9.17, 15) is 0 Å². The van der Waals surface area contributed by atoms with Gasteiger partial charge < -0.3 is 10.2 Å². The van der Waals surface area contributed by atoms with Crippen molar-refractivity contribution >= 4 is 37.5 Å². The van der Waals surface area contributed by atoms with Gasteiger partial charge in [-0.05, 0) is 47.0 Å². The monoisotopic (exact) mass is 374 g/mol. The zero-order valence-corrected chi connectivity index (χ0v) is 14.3. The molecule has 1 N–H and O–H groups in total. The molecule has 0 radical (unpaired) electrons. The van der Waals surface area contributed by atoms with Gasteiger partial charge in [0.2, 0.25) is 0 Å². The van der Waals surface area contributed by atoms with E-state index in [4.69, 9.17) is 0 Å². The molecule has 0 aliphatic carbocycles. The fourth-order valence-corrected chi connectivity index (χ4v) is 3.66. The molecule has 4 heteroatoms. The zero-order valence-electron chi connectivity index (χ0n) is 11.1. The van der Waals surface area contributed by atoms with Gasteiger partial charge >= 0.3 is 0 Å². The van der Waals surface area contributed by atoms with Crippen molar-refractivity contribution in [3.63, 3.8) is 0 Å². The van der Waals surface area contributed by atoms with E-state index in [1.54, 1.807) is 0 Å². The molecule has 0 aromatic heterocycles. The predicted molar refractivity (Wildman–Crippen MR) is 85.3 cm³/mol. The van der Waals surface area contributed by atoms with Gasteiger partial charge in [0.15, 0.2) is 0 Å². The van der Waals surface area contributed by atoms with E-state index < -0.39 is 0 Å². The third-order valence-corrected chi connectivity index (χ3v) is 4.75. The second kappa shape index (κ2) is 5.93. The van der Waals surface area contributed by atoms with Gasteiger partial charge in [-0.25, -0.2) is 0 Å². The van der Waals surface area contributed by atoms with Crippen molar-refractivity contribution in [1.29, 1.82) is 0 Å². The minimum atomic E-state index is 0.525. The van der Waals surface area contributed by atoms with E-state index in [0.29, 0.717) is 18.0 Å². The summed E-state index contributed by atoms with van der Waals surface area (Å²) in [5.41, 5.74) is 1.29. The molecule has 2 rings (SSSR count). The Morgan fingerprint density at radius 3 is 2.67 bits per heavy atom. The van der Waals surface area contributed by atoms with Crippen LogP contribution in [0.2, 0.25) is 0 Å². The average Bonchev–Trinajstić information content (AvgIpc) is 2.30. The number of nitrogens with zero attached hydrogens (tertiary/aromatic N) is 1. The summed E-state index contributed by atoms with van der Waals surface area (Å²) in [5, 5.41) is 3.63. The standard InChI is InChI=1S/C14H20Br2N2/c1-9(2)13-8-18(10(3)7-17-13)14-5-4-11(15)6-12(14)16/h4-6,9-10,13,17H,7-8H2,1-3H3. The Morgan fingerprint density at radius 2 is 2.06 bits per heavy atom. The van der Waals surface area contributed by atoms with Gasteiger partial charge in [0.25, 0.3) is 0 Å². The van der Waals surface area contributed by atoms with E-state index in [-0.39, 0.29) is 0 Å². The van der Waals surface area contributed by atoms with Crippen molar-refractivity contribution in [2.24, 2.45) is 5.92 Å². The van der Waals surface area contributed by atoms with Crippen LogP contribution in [0.4, 0.5) is 5.69 Å². The molecule has 2 nitrogen and oxygen atoms in total. The van der Waals surface area contributed by atoms with Crippen molar-refractivity contribution in [2.75, 3.05) is 18.0 Å². The number of hydrogen-bond donors (Lipinski definition) is 1. The molecule has 1 aliphatic heterocycles. The highest BCUT2D eigenvalue weighted by Gasteiger charge is 2.27. The third kappa shape index (κ3) is 3.09. The van der Waals surface area contributed by atoms with Crippen molar-refractivity contribution in [3.05, 3.63) is 27.1 Å². The molecular formula is C14H20Br2N2. The average molecular weight is 376 g/mol. The van der Waals surface area contributed by atoms with Crippen LogP contribution in [0.5, 0.6) is 0 Å². The Morgan fingerprint density at radius 1 is 1.33 bits per heavy atom. The lowest BCUT2D eigenvalue weighted by atomic mass is 9.99. The summed E-state index contributed by atoms with van der Waals surface area (Å²) in [6.07, 6.45) is 0. The SMILES string of the molecule is CC(C)C1CN(c2ccc(Br)cc2Br)C(C)CN1. The van der Waals surface area contributed by atoms with Gasteiger partial charge in [-0.1, -0.05) is 29.8 Å². The van der Waals surface area contributed by atoms with Gasteiger partial charge in [0.05, 0.1) is 5.69 Å². The van der Waals surface area contributed by atoms with Crippen LogP contribution in [-0.2, 0) is 0 Å². The van der Waals surface area contributed by atoms with Crippen molar-refractivity contribution in [1.82, 2.24) is 5.32 Å². The molecule has 0 bridgehead atoms. The molecule has 0 saturated carbocycles. The van der Waals surface area contributed by atoms with Crippen LogP contribution in [0.25, 0.3) is 0 Å². The minimum absolute atomic E-state index is 0.525. The molecule has 1 saturated heterocycles. The third-order valence-electron chi connectivity index (χ3n) is 3.62. The van der Waals surface area contributed by atoms with E-state index in [1.165, 1.54) is 5.69 Å². The van der Waals surface area contributed by atoms with Crippen molar-refractivity contribution in [2.45, 2.75) is 32.9 Å². The number of anilines is 1. The summed E-state index contributed by atoms with van der Waals surface area (Å²) in [7, 11) is 0. The van der Waals surface area contributed by atoms with E-state index in [0.717, 1.165) is 22.0 Å². The van der Waals surface area contributed by atoms with Gasteiger partial charge in [-0.3, -0.25) is 0 Å². The first-order valence-corrected chi connectivity index (χ1v) is 8.02. The summed E-state index contributed by atoms with van der Waals surface area (Å²) in [4.78, 5) is 2.50. The molecule has 1 fully saturated rings. The molecule has 1 heterocycles. The van der Waals surface area contributed by atoms with Crippen LogP contribution in [0.3, 0.4) is 0 Å². The molecule has 1 aliphatic rings. The summed E-state index contributed by atoms with van der Waals surface area (Å²) >= 11 is 7.18. The summed E-state index contributed by atoms with van der Waals surface area (Å²) in [5.74, 6) is 0.661. The Labute approximate surface area is 126 Å². The van der Waals surface area contributed by atoms with Gasteiger partial charge in [-0.2, -0.15) is 0 Å². The second-order valence-electron chi connectivity index (χ2n) is 5.36. The quantitative estimate of drug-likeness (QED) is 0.839. The van der Waals surface area contributed by atoms with Crippen LogP contribution in [-0.4, -0.2) is 25.2 Å². The summed E-state index contributed by atoms with van der Waals surface area (Å²) in [6, 6.07) is 7.51. The lowest BCUT2D eigenvalue weighted by molar-refractivity contribution is 0.337. The van der Waals surface area contributed by atoms with Gasteiger partial charge in [0.1, 0.15) is 0 Å². The number of hydrogen-bond acceptors (Lipinski definition) is 2. The highest BCUT2D eigenvalue weighted by Crippen LogP contribution is 2.32. The van der Waals surface area contributed by atoms with Gasteiger partial charge in [-0.15, -0.1) is 0 Å². The number of rotatable bonds is 2. The molecule has 100 valence electrons. The smallest absolute Gasteiger partial charge is 0.0514 e.